The van der Waals surface area contributed by atoms with Crippen LogP contribution in [0.4, 0.5) is 0 Å². The molecule has 3 aliphatic heterocycles. The van der Waals surface area contributed by atoms with Crippen molar-refractivity contribution in [2.45, 2.75) is 32.4 Å². The van der Waals surface area contributed by atoms with Gasteiger partial charge in [0.2, 0.25) is 6.10 Å². The van der Waals surface area contributed by atoms with Gasteiger partial charge in [0.25, 0.3) is 5.91 Å². The van der Waals surface area contributed by atoms with Crippen molar-refractivity contribution in [1.82, 2.24) is 15.2 Å². The van der Waals surface area contributed by atoms with E-state index < -0.39 is 6.10 Å². The summed E-state index contributed by atoms with van der Waals surface area (Å²) in [6.45, 7) is 4.75. The average molecular weight is 564 g/mol. The van der Waals surface area contributed by atoms with Crippen molar-refractivity contribution in [2.24, 2.45) is 15.9 Å². The first-order chi connectivity index (χ1) is 18.1. The number of halogens is 1. The van der Waals surface area contributed by atoms with Gasteiger partial charge < -0.3 is 19.7 Å². The Bertz CT molecular complexity index is 1260. The number of rotatable bonds is 7. The molecule has 1 aromatic carbocycles. The first-order valence-corrected chi connectivity index (χ1v) is 13.3. The van der Waals surface area contributed by atoms with E-state index in [0.29, 0.717) is 37.7 Å². The summed E-state index contributed by atoms with van der Waals surface area (Å²) in [5.74, 6) is 1.34. The van der Waals surface area contributed by atoms with Crippen molar-refractivity contribution in [1.29, 1.82) is 0 Å². The van der Waals surface area contributed by atoms with Crippen LogP contribution in [-0.4, -0.2) is 60.1 Å². The van der Waals surface area contributed by atoms with Gasteiger partial charge in [0.05, 0.1) is 16.7 Å². The highest BCUT2D eigenvalue weighted by Gasteiger charge is 2.34. The van der Waals surface area contributed by atoms with Crippen molar-refractivity contribution in [2.75, 3.05) is 26.2 Å². The van der Waals surface area contributed by atoms with Crippen LogP contribution in [0.1, 0.15) is 25.3 Å². The molecule has 2 unspecified atom stereocenters. The Balaban J connectivity index is 1.31. The Hall–Kier alpha value is -3.46. The number of pyridine rings is 1. The number of hydrogen-bond acceptors (Lipinski definition) is 7. The zero-order valence-corrected chi connectivity index (χ0v) is 22.4. The monoisotopic (exact) mass is 563 g/mol. The number of benzene rings is 1. The van der Waals surface area contributed by atoms with Crippen LogP contribution in [0.5, 0.6) is 11.5 Å². The number of nitrogens with one attached hydrogen (secondary N) is 1. The summed E-state index contributed by atoms with van der Waals surface area (Å²) in [5, 5.41) is 3.46. The lowest BCUT2D eigenvalue weighted by molar-refractivity contribution is -0.142. The Morgan fingerprint density at radius 2 is 2.14 bits per heavy atom. The number of amides is 1. The van der Waals surface area contributed by atoms with Gasteiger partial charge in [-0.3, -0.25) is 19.8 Å². The van der Waals surface area contributed by atoms with Crippen LogP contribution in [0.2, 0.25) is 0 Å². The van der Waals surface area contributed by atoms with Gasteiger partial charge >= 0.3 is 0 Å². The van der Waals surface area contributed by atoms with E-state index in [1.54, 1.807) is 12.4 Å². The number of fused-ring (bicyclic) bond motifs is 1. The number of allylic oxidation sites excluding steroid dienone is 3. The molecule has 1 saturated heterocycles. The SMILES string of the molecule is C/C(=C\C(=N/C1=C(Br)C=NC1)C1CCCN(C(=O)C2COc3ccccc3O2)C1)NCc1cccnc1. The van der Waals surface area contributed by atoms with Crippen molar-refractivity contribution in [3.63, 3.8) is 0 Å². The van der Waals surface area contributed by atoms with Crippen molar-refractivity contribution in [3.05, 3.63) is 76.3 Å². The van der Waals surface area contributed by atoms with E-state index >= 15 is 0 Å². The van der Waals surface area contributed by atoms with Gasteiger partial charge in [-0.1, -0.05) is 18.2 Å². The normalized spacial score (nSPS) is 21.8. The summed E-state index contributed by atoms with van der Waals surface area (Å²) >= 11 is 3.57. The van der Waals surface area contributed by atoms with Crippen molar-refractivity contribution in [3.8, 4) is 11.5 Å². The highest BCUT2D eigenvalue weighted by molar-refractivity contribution is 9.12. The van der Waals surface area contributed by atoms with E-state index in [-0.39, 0.29) is 18.4 Å². The lowest BCUT2D eigenvalue weighted by atomic mass is 9.92. The number of para-hydroxylation sites is 2. The molecule has 1 N–H and O–H groups in total. The average Bonchev–Trinajstić information content (AvgIpc) is 3.35. The summed E-state index contributed by atoms with van der Waals surface area (Å²) in [4.78, 5) is 28.8. The second-order valence-electron chi connectivity index (χ2n) is 9.33. The van der Waals surface area contributed by atoms with Crippen LogP contribution in [0.15, 0.2) is 80.7 Å². The fourth-order valence-electron chi connectivity index (χ4n) is 4.63. The minimum atomic E-state index is -0.646. The largest absolute Gasteiger partial charge is 0.485 e. The molecular formula is C28H30BrN5O3. The molecule has 2 atom stereocenters. The number of hydrogen-bond donors (Lipinski definition) is 1. The molecule has 9 heteroatoms. The zero-order valence-electron chi connectivity index (χ0n) is 20.8. The van der Waals surface area contributed by atoms with E-state index in [1.165, 1.54) is 0 Å². The van der Waals surface area contributed by atoms with Crippen LogP contribution in [-0.2, 0) is 11.3 Å². The predicted octanol–water partition coefficient (Wildman–Crippen LogP) is 4.29. The Morgan fingerprint density at radius 3 is 2.92 bits per heavy atom. The molecule has 8 nitrogen and oxygen atoms in total. The van der Waals surface area contributed by atoms with Crippen LogP contribution in [0.3, 0.4) is 0 Å². The third-order valence-electron chi connectivity index (χ3n) is 6.58. The maximum absolute atomic E-state index is 13.4. The molecule has 0 bridgehead atoms. The quantitative estimate of drug-likeness (QED) is 0.508. The predicted molar refractivity (Wildman–Crippen MR) is 147 cm³/mol. The standard InChI is InChI=1S/C28H30BrN5O3/c1-19(32-14-20-6-4-10-30-13-20)12-23(33-24-16-31-15-22(24)29)21-7-5-11-34(17-21)28(35)27-18-36-25-8-2-3-9-26(25)37-27/h2-4,6,8-10,12-13,15,21,27,32H,5,7,11,14,16-18H2,1H3/b19-12+,33-23+. The molecule has 4 heterocycles. The second kappa shape index (κ2) is 11.7. The summed E-state index contributed by atoms with van der Waals surface area (Å²) in [7, 11) is 0. The molecule has 0 saturated carbocycles. The van der Waals surface area contributed by atoms with Gasteiger partial charge in [-0.15, -0.1) is 0 Å². The molecule has 0 radical (unpaired) electrons. The number of nitrogens with zero attached hydrogens (tertiary/aromatic N) is 4. The van der Waals surface area contributed by atoms with Gasteiger partial charge in [0.15, 0.2) is 11.5 Å². The Morgan fingerprint density at radius 1 is 1.27 bits per heavy atom. The summed E-state index contributed by atoms with van der Waals surface area (Å²) in [5.41, 5.74) is 3.95. The molecule has 0 spiro atoms. The van der Waals surface area contributed by atoms with Gasteiger partial charge in [0, 0.05) is 55.6 Å². The number of likely N-dealkylation sites (tertiary alicyclic amines) is 1. The third-order valence-corrected chi connectivity index (χ3v) is 7.24. The second-order valence-corrected chi connectivity index (χ2v) is 10.2. The molecule has 1 aromatic heterocycles. The van der Waals surface area contributed by atoms with Crippen molar-refractivity contribution >= 4 is 33.8 Å². The number of aromatic nitrogens is 1. The molecular weight excluding hydrogens is 534 g/mol. The zero-order chi connectivity index (χ0) is 25.6. The minimum Gasteiger partial charge on any atom is -0.485 e. The summed E-state index contributed by atoms with van der Waals surface area (Å²) < 4.78 is 12.7. The number of ether oxygens (including phenoxy) is 2. The maximum Gasteiger partial charge on any atom is 0.267 e. The van der Waals surface area contributed by atoms with Crippen LogP contribution < -0.4 is 14.8 Å². The summed E-state index contributed by atoms with van der Waals surface area (Å²) in [6.07, 6.45) is 8.71. The molecule has 5 rings (SSSR count). The fraction of sp³-hybridized carbons (Fsp3) is 0.357. The lowest BCUT2D eigenvalue weighted by Gasteiger charge is -2.36. The molecule has 0 aliphatic carbocycles. The third kappa shape index (κ3) is 6.28. The van der Waals surface area contributed by atoms with E-state index in [4.69, 9.17) is 14.5 Å². The topological polar surface area (TPSA) is 88.4 Å². The molecule has 3 aliphatic rings. The van der Waals surface area contributed by atoms with E-state index in [9.17, 15) is 4.79 Å². The van der Waals surface area contributed by atoms with E-state index in [2.05, 4.69) is 37.3 Å². The first-order valence-electron chi connectivity index (χ1n) is 12.5. The highest BCUT2D eigenvalue weighted by atomic mass is 79.9. The minimum absolute atomic E-state index is 0.0430. The van der Waals surface area contributed by atoms with Crippen LogP contribution >= 0.6 is 15.9 Å². The Labute approximate surface area is 225 Å². The maximum atomic E-state index is 13.4. The first kappa shape index (κ1) is 25.2. The van der Waals surface area contributed by atoms with Crippen LogP contribution in [0.25, 0.3) is 0 Å². The van der Waals surface area contributed by atoms with E-state index in [0.717, 1.165) is 40.0 Å². The number of aliphatic imine (C=N–C) groups is 2. The van der Waals surface area contributed by atoms with Gasteiger partial charge in [-0.2, -0.15) is 0 Å². The van der Waals surface area contributed by atoms with Gasteiger partial charge in [0.1, 0.15) is 6.61 Å². The van der Waals surface area contributed by atoms with Gasteiger partial charge in [-0.05, 0) is 65.5 Å². The Kier molecular flexibility index (Phi) is 7.99. The lowest BCUT2D eigenvalue weighted by Crippen LogP contribution is -2.50. The molecule has 192 valence electrons. The molecule has 37 heavy (non-hydrogen) atoms. The van der Waals surface area contributed by atoms with Crippen molar-refractivity contribution < 1.29 is 14.3 Å². The number of carbonyl (C=O) groups excluding carboxylic acids is 1. The molecule has 2 aromatic rings. The van der Waals surface area contributed by atoms with Gasteiger partial charge in [-0.25, -0.2) is 0 Å². The van der Waals surface area contributed by atoms with Crippen LogP contribution in [0, 0.1) is 5.92 Å². The highest BCUT2D eigenvalue weighted by Crippen LogP contribution is 2.32. The number of carbonyl (C=O) groups is 1. The smallest absolute Gasteiger partial charge is 0.267 e. The fourth-order valence-corrected chi connectivity index (χ4v) is 4.99. The molecule has 1 amide bonds. The summed E-state index contributed by atoms with van der Waals surface area (Å²) in [6, 6.07) is 11.4. The molecule has 1 fully saturated rings. The number of piperidine rings is 1. The van der Waals surface area contributed by atoms with E-state index in [1.807, 2.05) is 54.4 Å².